The molecule has 2 unspecified atom stereocenters. The van der Waals surface area contributed by atoms with Crippen LogP contribution in [0.3, 0.4) is 0 Å². The van der Waals surface area contributed by atoms with E-state index in [9.17, 15) is 9.59 Å². The summed E-state index contributed by atoms with van der Waals surface area (Å²) in [4.78, 5) is 23.8. The first-order valence-corrected chi connectivity index (χ1v) is 8.29. The largest absolute Gasteiger partial charge is 0.356 e. The van der Waals surface area contributed by atoms with Gasteiger partial charge < -0.3 is 10.6 Å². The number of amides is 2. The maximum Gasteiger partial charge on any atom is 0.224 e. The highest BCUT2D eigenvalue weighted by molar-refractivity contribution is 6.42. The SMILES string of the molecule is CCCC(NC(=O)C1CCNC(=O)C1)c1ccc(Cl)c(Cl)c1. The molecule has 1 fully saturated rings. The third-order valence-electron chi connectivity index (χ3n) is 3.86. The first-order chi connectivity index (χ1) is 10.5. The van der Waals surface area contributed by atoms with Gasteiger partial charge in [-0.3, -0.25) is 9.59 Å². The van der Waals surface area contributed by atoms with E-state index >= 15 is 0 Å². The molecule has 2 N–H and O–H groups in total. The molecule has 1 aromatic rings. The predicted octanol–water partition coefficient (Wildman–Crippen LogP) is 3.48. The summed E-state index contributed by atoms with van der Waals surface area (Å²) in [5, 5.41) is 6.76. The summed E-state index contributed by atoms with van der Waals surface area (Å²) in [7, 11) is 0. The van der Waals surface area contributed by atoms with E-state index in [1.807, 2.05) is 6.07 Å². The molecule has 0 aromatic heterocycles. The molecule has 0 aliphatic carbocycles. The van der Waals surface area contributed by atoms with Crippen molar-refractivity contribution >= 4 is 35.0 Å². The number of rotatable bonds is 5. The van der Waals surface area contributed by atoms with Gasteiger partial charge in [0, 0.05) is 18.9 Å². The van der Waals surface area contributed by atoms with E-state index in [1.54, 1.807) is 12.1 Å². The molecule has 1 heterocycles. The smallest absolute Gasteiger partial charge is 0.224 e. The number of carbonyl (C=O) groups is 2. The number of nitrogens with one attached hydrogen (secondary N) is 2. The molecule has 22 heavy (non-hydrogen) atoms. The van der Waals surface area contributed by atoms with E-state index in [-0.39, 0.29) is 30.2 Å². The monoisotopic (exact) mass is 342 g/mol. The fourth-order valence-electron chi connectivity index (χ4n) is 2.64. The Morgan fingerprint density at radius 2 is 2.18 bits per heavy atom. The van der Waals surface area contributed by atoms with E-state index in [2.05, 4.69) is 17.6 Å². The van der Waals surface area contributed by atoms with Crippen molar-refractivity contribution in [1.29, 1.82) is 0 Å². The van der Waals surface area contributed by atoms with Gasteiger partial charge in [0.2, 0.25) is 11.8 Å². The molecule has 1 aromatic carbocycles. The van der Waals surface area contributed by atoms with Gasteiger partial charge in [-0.05, 0) is 30.5 Å². The number of carbonyl (C=O) groups excluding carboxylic acids is 2. The predicted molar refractivity (Wildman–Crippen MR) is 88.0 cm³/mol. The molecule has 1 aliphatic heterocycles. The molecule has 0 bridgehead atoms. The Morgan fingerprint density at radius 1 is 1.41 bits per heavy atom. The lowest BCUT2D eigenvalue weighted by molar-refractivity contribution is -0.132. The highest BCUT2D eigenvalue weighted by Crippen LogP contribution is 2.28. The van der Waals surface area contributed by atoms with Crippen molar-refractivity contribution in [3.8, 4) is 0 Å². The van der Waals surface area contributed by atoms with Crippen molar-refractivity contribution in [2.24, 2.45) is 5.92 Å². The Labute approximate surface area is 140 Å². The van der Waals surface area contributed by atoms with Crippen LogP contribution in [0.5, 0.6) is 0 Å². The minimum atomic E-state index is -0.254. The average Bonchev–Trinajstić information content (AvgIpc) is 2.49. The summed E-state index contributed by atoms with van der Waals surface area (Å²) in [5.41, 5.74) is 0.935. The van der Waals surface area contributed by atoms with Gasteiger partial charge in [0.25, 0.3) is 0 Å². The minimum absolute atomic E-state index is 0.0621. The van der Waals surface area contributed by atoms with Crippen LogP contribution < -0.4 is 10.6 Å². The first-order valence-electron chi connectivity index (χ1n) is 7.53. The van der Waals surface area contributed by atoms with Gasteiger partial charge in [-0.25, -0.2) is 0 Å². The molecule has 2 amide bonds. The lowest BCUT2D eigenvalue weighted by Crippen LogP contribution is -2.42. The summed E-state index contributed by atoms with van der Waals surface area (Å²) in [6.45, 7) is 2.62. The van der Waals surface area contributed by atoms with Crippen LogP contribution in [0.25, 0.3) is 0 Å². The lowest BCUT2D eigenvalue weighted by Gasteiger charge is -2.25. The maximum absolute atomic E-state index is 12.4. The second kappa shape index (κ2) is 7.84. The minimum Gasteiger partial charge on any atom is -0.356 e. The number of halogens is 2. The van der Waals surface area contributed by atoms with Gasteiger partial charge in [0.1, 0.15) is 0 Å². The van der Waals surface area contributed by atoms with Crippen LogP contribution in [0.15, 0.2) is 18.2 Å². The van der Waals surface area contributed by atoms with E-state index in [4.69, 9.17) is 23.2 Å². The zero-order valence-electron chi connectivity index (χ0n) is 12.5. The molecule has 4 nitrogen and oxygen atoms in total. The van der Waals surface area contributed by atoms with E-state index in [1.165, 1.54) is 0 Å². The van der Waals surface area contributed by atoms with Gasteiger partial charge in [-0.2, -0.15) is 0 Å². The van der Waals surface area contributed by atoms with Crippen LogP contribution in [0.1, 0.15) is 44.2 Å². The van der Waals surface area contributed by atoms with Gasteiger partial charge >= 0.3 is 0 Å². The third-order valence-corrected chi connectivity index (χ3v) is 4.60. The van der Waals surface area contributed by atoms with Crippen LogP contribution in [-0.2, 0) is 9.59 Å². The quantitative estimate of drug-likeness (QED) is 0.860. The van der Waals surface area contributed by atoms with E-state index in [0.717, 1.165) is 18.4 Å². The van der Waals surface area contributed by atoms with Crippen LogP contribution in [0, 0.1) is 5.92 Å². The van der Waals surface area contributed by atoms with E-state index in [0.29, 0.717) is 23.0 Å². The second-order valence-corrected chi connectivity index (χ2v) is 6.38. The van der Waals surface area contributed by atoms with Crippen molar-refractivity contribution in [3.63, 3.8) is 0 Å². The highest BCUT2D eigenvalue weighted by Gasteiger charge is 2.27. The van der Waals surface area contributed by atoms with Gasteiger partial charge in [0.15, 0.2) is 0 Å². The van der Waals surface area contributed by atoms with Crippen molar-refractivity contribution in [2.45, 2.75) is 38.6 Å². The Morgan fingerprint density at radius 3 is 2.82 bits per heavy atom. The molecule has 2 atom stereocenters. The highest BCUT2D eigenvalue weighted by atomic mass is 35.5. The molecule has 1 aliphatic rings. The Hall–Kier alpha value is -1.26. The van der Waals surface area contributed by atoms with Crippen molar-refractivity contribution in [2.75, 3.05) is 6.54 Å². The molecule has 2 rings (SSSR count). The molecular weight excluding hydrogens is 323 g/mol. The standard InChI is InChI=1S/C16H20Cl2N2O2/c1-2-3-14(10-4-5-12(17)13(18)8-10)20-16(22)11-6-7-19-15(21)9-11/h4-5,8,11,14H,2-3,6-7,9H2,1H3,(H,19,21)(H,20,22). The van der Waals surface area contributed by atoms with Crippen molar-refractivity contribution < 1.29 is 9.59 Å². The average molecular weight is 343 g/mol. The van der Waals surface area contributed by atoms with Crippen molar-refractivity contribution in [3.05, 3.63) is 33.8 Å². The van der Waals surface area contributed by atoms with Crippen LogP contribution >= 0.6 is 23.2 Å². The number of hydrogen-bond donors (Lipinski definition) is 2. The third kappa shape index (κ3) is 4.37. The lowest BCUT2D eigenvalue weighted by atomic mass is 9.95. The molecule has 0 saturated carbocycles. The zero-order valence-corrected chi connectivity index (χ0v) is 14.0. The van der Waals surface area contributed by atoms with E-state index < -0.39 is 0 Å². The Balaban J connectivity index is 2.08. The number of hydrogen-bond acceptors (Lipinski definition) is 2. The maximum atomic E-state index is 12.4. The Kier molecular flexibility index (Phi) is 6.09. The fraction of sp³-hybridized carbons (Fsp3) is 0.500. The summed E-state index contributed by atoms with van der Waals surface area (Å²) in [6, 6.07) is 5.29. The summed E-state index contributed by atoms with van der Waals surface area (Å²) in [6.07, 6.45) is 2.67. The van der Waals surface area contributed by atoms with Crippen LogP contribution in [0.4, 0.5) is 0 Å². The summed E-state index contributed by atoms with van der Waals surface area (Å²) >= 11 is 12.0. The molecular formula is C16H20Cl2N2O2. The first kappa shape index (κ1) is 17.1. The summed E-state index contributed by atoms with van der Waals surface area (Å²) in [5.74, 6) is -0.386. The van der Waals surface area contributed by atoms with Gasteiger partial charge in [0.05, 0.1) is 16.1 Å². The number of piperidine rings is 1. The molecule has 0 radical (unpaired) electrons. The summed E-state index contributed by atoms with van der Waals surface area (Å²) < 4.78 is 0. The number of benzene rings is 1. The van der Waals surface area contributed by atoms with Gasteiger partial charge in [-0.1, -0.05) is 42.6 Å². The topological polar surface area (TPSA) is 58.2 Å². The van der Waals surface area contributed by atoms with Crippen LogP contribution in [-0.4, -0.2) is 18.4 Å². The van der Waals surface area contributed by atoms with Crippen LogP contribution in [0.2, 0.25) is 10.0 Å². The van der Waals surface area contributed by atoms with Gasteiger partial charge in [-0.15, -0.1) is 0 Å². The Bertz CT molecular complexity index is 563. The normalized spacial score (nSPS) is 19.4. The molecule has 0 spiro atoms. The second-order valence-electron chi connectivity index (χ2n) is 5.56. The van der Waals surface area contributed by atoms with Crippen molar-refractivity contribution in [1.82, 2.24) is 10.6 Å². The molecule has 1 saturated heterocycles. The molecule has 120 valence electrons. The molecule has 6 heteroatoms. The zero-order chi connectivity index (χ0) is 16.1. The fourth-order valence-corrected chi connectivity index (χ4v) is 2.94.